The van der Waals surface area contributed by atoms with Crippen molar-refractivity contribution >= 4 is 0 Å². The molecule has 0 saturated carbocycles. The van der Waals surface area contributed by atoms with Gasteiger partial charge in [-0.05, 0) is 30.7 Å². The van der Waals surface area contributed by atoms with E-state index in [4.69, 9.17) is 0 Å². The number of rotatable bonds is 4. The van der Waals surface area contributed by atoms with Crippen LogP contribution in [0.5, 0.6) is 5.75 Å². The fourth-order valence-electron chi connectivity index (χ4n) is 3.02. The Morgan fingerprint density at radius 2 is 2.20 bits per heavy atom. The highest BCUT2D eigenvalue weighted by Gasteiger charge is 2.29. The van der Waals surface area contributed by atoms with Gasteiger partial charge in [-0.2, -0.15) is 5.26 Å². The minimum atomic E-state index is -0.268. The highest BCUT2D eigenvalue weighted by molar-refractivity contribution is 5.32. The summed E-state index contributed by atoms with van der Waals surface area (Å²) in [5.41, 5.74) is 0.882. The lowest BCUT2D eigenvalue weighted by Gasteiger charge is -2.42. The molecule has 0 amide bonds. The van der Waals surface area contributed by atoms with Crippen LogP contribution >= 0.6 is 0 Å². The second kappa shape index (κ2) is 6.74. The van der Waals surface area contributed by atoms with E-state index in [1.54, 1.807) is 18.2 Å². The Bertz CT molecular complexity index is 483. The van der Waals surface area contributed by atoms with Crippen LogP contribution in [0.3, 0.4) is 0 Å². The molecule has 0 spiro atoms. The quantitative estimate of drug-likeness (QED) is 0.915. The van der Waals surface area contributed by atoms with E-state index in [9.17, 15) is 10.4 Å². The molecule has 20 heavy (non-hydrogen) atoms. The third kappa shape index (κ3) is 3.12. The number of piperazine rings is 1. The number of nitriles is 1. The third-order valence-corrected chi connectivity index (χ3v) is 4.19. The van der Waals surface area contributed by atoms with Gasteiger partial charge >= 0.3 is 0 Å². The van der Waals surface area contributed by atoms with Gasteiger partial charge in [0.15, 0.2) is 0 Å². The van der Waals surface area contributed by atoms with Crippen LogP contribution in [-0.4, -0.2) is 47.1 Å². The van der Waals surface area contributed by atoms with E-state index in [1.165, 1.54) is 0 Å². The molecular weight excluding hydrogens is 250 g/mol. The van der Waals surface area contributed by atoms with Crippen molar-refractivity contribution < 1.29 is 5.11 Å². The molecule has 0 aromatic heterocycles. The van der Waals surface area contributed by atoms with Crippen LogP contribution in [0, 0.1) is 11.3 Å². The van der Waals surface area contributed by atoms with E-state index < -0.39 is 0 Å². The summed E-state index contributed by atoms with van der Waals surface area (Å²) in [6, 6.07) is 9.69. The summed E-state index contributed by atoms with van der Waals surface area (Å²) in [5, 5.41) is 19.1. The van der Waals surface area contributed by atoms with Crippen LogP contribution in [0.1, 0.15) is 31.9 Å². The van der Waals surface area contributed by atoms with Crippen LogP contribution in [0.4, 0.5) is 0 Å². The Kier molecular flexibility index (Phi) is 4.99. The average molecular weight is 273 g/mol. The van der Waals surface area contributed by atoms with E-state index in [0.717, 1.165) is 38.2 Å². The van der Waals surface area contributed by atoms with Gasteiger partial charge in [0.2, 0.25) is 0 Å². The van der Waals surface area contributed by atoms with Crippen molar-refractivity contribution in [3.63, 3.8) is 0 Å². The lowest BCUT2D eigenvalue weighted by Crippen LogP contribution is -2.53. The standard InChI is InChI=1S/C16H23N3O/c1-3-14-12-19(9-8-18(14)4-2)16(11-17)13-6-5-7-15(20)10-13/h5-7,10,14,16,20H,3-4,8-9,12H2,1-2H3. The average Bonchev–Trinajstić information content (AvgIpc) is 2.48. The first kappa shape index (κ1) is 14.8. The van der Waals surface area contributed by atoms with Crippen LogP contribution in [0.25, 0.3) is 0 Å². The smallest absolute Gasteiger partial charge is 0.124 e. The van der Waals surface area contributed by atoms with Crippen molar-refractivity contribution in [2.45, 2.75) is 32.4 Å². The molecular formula is C16H23N3O. The van der Waals surface area contributed by atoms with E-state index in [-0.39, 0.29) is 11.8 Å². The summed E-state index contributed by atoms with van der Waals surface area (Å²) >= 11 is 0. The highest BCUT2D eigenvalue weighted by atomic mass is 16.3. The summed E-state index contributed by atoms with van der Waals surface area (Å²) < 4.78 is 0. The summed E-state index contributed by atoms with van der Waals surface area (Å²) in [6.07, 6.45) is 1.10. The Morgan fingerprint density at radius 3 is 2.80 bits per heavy atom. The van der Waals surface area contributed by atoms with Crippen molar-refractivity contribution in [2.75, 3.05) is 26.2 Å². The van der Waals surface area contributed by atoms with Crippen molar-refractivity contribution in [2.24, 2.45) is 0 Å². The van der Waals surface area contributed by atoms with Crippen molar-refractivity contribution in [1.82, 2.24) is 9.80 Å². The molecule has 108 valence electrons. The zero-order valence-electron chi connectivity index (χ0n) is 12.3. The maximum absolute atomic E-state index is 9.60. The van der Waals surface area contributed by atoms with Crippen molar-refractivity contribution in [3.05, 3.63) is 29.8 Å². The fourth-order valence-corrected chi connectivity index (χ4v) is 3.02. The molecule has 1 saturated heterocycles. The number of hydrogen-bond donors (Lipinski definition) is 1. The molecule has 2 unspecified atom stereocenters. The zero-order valence-corrected chi connectivity index (χ0v) is 12.3. The van der Waals surface area contributed by atoms with Crippen LogP contribution in [-0.2, 0) is 0 Å². The first-order chi connectivity index (χ1) is 9.69. The lowest BCUT2D eigenvalue weighted by atomic mass is 10.0. The molecule has 1 aliphatic heterocycles. The summed E-state index contributed by atoms with van der Waals surface area (Å²) in [4.78, 5) is 4.71. The number of aromatic hydroxyl groups is 1. The van der Waals surface area contributed by atoms with Gasteiger partial charge in [-0.15, -0.1) is 0 Å². The van der Waals surface area contributed by atoms with Crippen molar-refractivity contribution in [3.8, 4) is 11.8 Å². The second-order valence-electron chi connectivity index (χ2n) is 5.31. The molecule has 1 aromatic rings. The number of nitrogens with zero attached hydrogens (tertiary/aromatic N) is 3. The molecule has 0 bridgehead atoms. The molecule has 1 aliphatic rings. The number of likely N-dealkylation sites (N-methyl/N-ethyl adjacent to an activating group) is 1. The SMILES string of the molecule is CCC1CN(C(C#N)c2cccc(O)c2)CCN1CC. The summed E-state index contributed by atoms with van der Waals surface area (Å²) in [6.45, 7) is 8.28. The van der Waals surface area contributed by atoms with Gasteiger partial charge in [0.05, 0.1) is 6.07 Å². The second-order valence-corrected chi connectivity index (χ2v) is 5.31. The van der Waals surface area contributed by atoms with Crippen LogP contribution in [0.15, 0.2) is 24.3 Å². The molecule has 0 radical (unpaired) electrons. The molecule has 4 heteroatoms. The first-order valence-corrected chi connectivity index (χ1v) is 7.36. The monoisotopic (exact) mass is 273 g/mol. The van der Waals surface area contributed by atoms with Gasteiger partial charge in [0.1, 0.15) is 11.8 Å². The molecule has 1 aromatic carbocycles. The van der Waals surface area contributed by atoms with E-state index in [0.29, 0.717) is 6.04 Å². The molecule has 1 heterocycles. The normalized spacial score (nSPS) is 22.4. The highest BCUT2D eigenvalue weighted by Crippen LogP contribution is 2.26. The van der Waals surface area contributed by atoms with Crippen LogP contribution < -0.4 is 0 Å². The van der Waals surface area contributed by atoms with Gasteiger partial charge in [0.25, 0.3) is 0 Å². The Hall–Kier alpha value is -1.57. The van der Waals surface area contributed by atoms with Crippen molar-refractivity contribution in [1.29, 1.82) is 5.26 Å². The predicted octanol–water partition coefficient (Wildman–Crippen LogP) is 2.37. The molecule has 2 atom stereocenters. The van der Waals surface area contributed by atoms with E-state index in [2.05, 4.69) is 29.7 Å². The molecule has 1 fully saturated rings. The van der Waals surface area contributed by atoms with Gasteiger partial charge in [0, 0.05) is 25.7 Å². The number of benzene rings is 1. The molecule has 1 N–H and O–H groups in total. The number of phenols is 1. The third-order valence-electron chi connectivity index (χ3n) is 4.19. The Morgan fingerprint density at radius 1 is 1.40 bits per heavy atom. The Labute approximate surface area is 121 Å². The van der Waals surface area contributed by atoms with E-state index >= 15 is 0 Å². The predicted molar refractivity (Wildman–Crippen MR) is 79.4 cm³/mol. The summed E-state index contributed by atoms with van der Waals surface area (Å²) in [7, 11) is 0. The number of phenolic OH excluding ortho intramolecular Hbond substituents is 1. The maximum atomic E-state index is 9.60. The van der Waals surface area contributed by atoms with Crippen LogP contribution in [0.2, 0.25) is 0 Å². The van der Waals surface area contributed by atoms with Gasteiger partial charge in [-0.3, -0.25) is 9.80 Å². The van der Waals surface area contributed by atoms with E-state index in [1.807, 2.05) is 6.07 Å². The minimum absolute atomic E-state index is 0.224. The molecule has 2 rings (SSSR count). The molecule has 0 aliphatic carbocycles. The lowest BCUT2D eigenvalue weighted by molar-refractivity contribution is 0.0623. The minimum Gasteiger partial charge on any atom is -0.508 e. The number of hydrogen-bond acceptors (Lipinski definition) is 4. The maximum Gasteiger partial charge on any atom is 0.124 e. The topological polar surface area (TPSA) is 50.5 Å². The Balaban J connectivity index is 2.15. The largest absolute Gasteiger partial charge is 0.508 e. The molecule has 4 nitrogen and oxygen atoms in total. The van der Waals surface area contributed by atoms with Gasteiger partial charge in [-0.25, -0.2) is 0 Å². The first-order valence-electron chi connectivity index (χ1n) is 7.36. The van der Waals surface area contributed by atoms with Gasteiger partial charge in [-0.1, -0.05) is 26.0 Å². The summed E-state index contributed by atoms with van der Waals surface area (Å²) in [5.74, 6) is 0.224. The fraction of sp³-hybridized carbons (Fsp3) is 0.562. The zero-order chi connectivity index (χ0) is 14.5. The van der Waals surface area contributed by atoms with Gasteiger partial charge < -0.3 is 5.11 Å².